The fourth-order valence-corrected chi connectivity index (χ4v) is 5.18. The molecule has 2 N–H and O–H groups in total. The summed E-state index contributed by atoms with van der Waals surface area (Å²) in [7, 11) is -3.71. The molecule has 0 spiro atoms. The molecule has 0 saturated heterocycles. The lowest BCUT2D eigenvalue weighted by molar-refractivity contribution is 0.0527. The Labute approximate surface area is 192 Å². The number of fused-ring (bicyclic) bond motifs is 1. The molecule has 33 heavy (non-hydrogen) atoms. The van der Waals surface area contributed by atoms with Gasteiger partial charge in [-0.2, -0.15) is 0 Å². The third-order valence-electron chi connectivity index (χ3n) is 5.20. The van der Waals surface area contributed by atoms with Gasteiger partial charge in [0.1, 0.15) is 0 Å². The van der Waals surface area contributed by atoms with Crippen LogP contribution < -0.4 is 14.9 Å². The summed E-state index contributed by atoms with van der Waals surface area (Å²) >= 11 is 0. The maximum atomic E-state index is 13.1. The predicted octanol–water partition coefficient (Wildman–Crippen LogP) is 4.26. The van der Waals surface area contributed by atoms with Crippen molar-refractivity contribution in [1.82, 2.24) is 0 Å². The van der Waals surface area contributed by atoms with E-state index in [4.69, 9.17) is 4.74 Å². The van der Waals surface area contributed by atoms with E-state index in [1.54, 1.807) is 79.7 Å². The molecule has 170 valence electrons. The second kappa shape index (κ2) is 9.33. The molecule has 1 aliphatic heterocycles. The smallest absolute Gasteiger partial charge is 0.340 e. The number of benzene rings is 3. The number of rotatable bonds is 6. The molecule has 3 aromatic rings. The molecule has 8 nitrogen and oxygen atoms in total. The van der Waals surface area contributed by atoms with Crippen LogP contribution in [0, 0.1) is 0 Å². The molecule has 0 radical (unpaired) electrons. The molecule has 2 amide bonds. The SMILES string of the molecule is CCOC(=O)c1ccccc1NC(=O)Nc1ccc2c(c1)N(S(=O)(=O)c1ccccc1)CC2. The highest BCUT2D eigenvalue weighted by Gasteiger charge is 2.31. The van der Waals surface area contributed by atoms with Crippen LogP contribution >= 0.6 is 0 Å². The van der Waals surface area contributed by atoms with Crippen molar-refractivity contribution in [2.24, 2.45) is 0 Å². The summed E-state index contributed by atoms with van der Waals surface area (Å²) in [6.07, 6.45) is 0.584. The number of ether oxygens (including phenoxy) is 1. The topological polar surface area (TPSA) is 105 Å². The zero-order valence-corrected chi connectivity index (χ0v) is 18.8. The van der Waals surface area contributed by atoms with Crippen molar-refractivity contribution in [2.75, 3.05) is 28.1 Å². The van der Waals surface area contributed by atoms with Gasteiger partial charge >= 0.3 is 12.0 Å². The first-order chi connectivity index (χ1) is 15.9. The van der Waals surface area contributed by atoms with Gasteiger partial charge in [0.05, 0.1) is 28.4 Å². The van der Waals surface area contributed by atoms with Crippen LogP contribution in [0.2, 0.25) is 0 Å². The van der Waals surface area contributed by atoms with E-state index in [0.717, 1.165) is 5.56 Å². The lowest BCUT2D eigenvalue weighted by Crippen LogP contribution is -2.29. The average Bonchev–Trinajstić information content (AvgIpc) is 3.24. The van der Waals surface area contributed by atoms with Crippen LogP contribution in [0.1, 0.15) is 22.8 Å². The third-order valence-corrected chi connectivity index (χ3v) is 7.03. The van der Waals surface area contributed by atoms with Gasteiger partial charge in [0.15, 0.2) is 0 Å². The van der Waals surface area contributed by atoms with Crippen molar-refractivity contribution in [3.05, 3.63) is 83.9 Å². The first kappa shape index (κ1) is 22.3. The monoisotopic (exact) mass is 465 g/mol. The average molecular weight is 466 g/mol. The number of urea groups is 1. The van der Waals surface area contributed by atoms with Gasteiger partial charge in [-0.15, -0.1) is 0 Å². The lowest BCUT2D eigenvalue weighted by Gasteiger charge is -2.20. The van der Waals surface area contributed by atoms with E-state index in [1.165, 1.54) is 4.31 Å². The summed E-state index contributed by atoms with van der Waals surface area (Å²) in [6.45, 7) is 2.25. The third kappa shape index (κ3) is 4.68. The highest BCUT2D eigenvalue weighted by molar-refractivity contribution is 7.92. The van der Waals surface area contributed by atoms with Crippen LogP contribution in [0.5, 0.6) is 0 Å². The van der Waals surface area contributed by atoms with Crippen molar-refractivity contribution in [1.29, 1.82) is 0 Å². The van der Waals surface area contributed by atoms with Crippen LogP contribution in [0.4, 0.5) is 21.9 Å². The molecule has 4 rings (SSSR count). The van der Waals surface area contributed by atoms with E-state index in [1.807, 2.05) is 0 Å². The van der Waals surface area contributed by atoms with Crippen LogP contribution in [0.15, 0.2) is 77.7 Å². The van der Waals surface area contributed by atoms with E-state index in [2.05, 4.69) is 10.6 Å². The van der Waals surface area contributed by atoms with Crippen LogP contribution in [-0.2, 0) is 21.2 Å². The molecular formula is C24H23N3O5S. The van der Waals surface area contributed by atoms with E-state index in [-0.39, 0.29) is 17.1 Å². The molecule has 1 aliphatic rings. The summed E-state index contributed by atoms with van der Waals surface area (Å²) < 4.78 is 32.6. The highest BCUT2D eigenvalue weighted by atomic mass is 32.2. The Kier molecular flexibility index (Phi) is 6.32. The van der Waals surface area contributed by atoms with Crippen LogP contribution in [-0.4, -0.2) is 33.6 Å². The van der Waals surface area contributed by atoms with Gasteiger partial charge in [-0.3, -0.25) is 4.31 Å². The molecule has 0 fully saturated rings. The summed E-state index contributed by atoms with van der Waals surface area (Å²) in [6, 6.07) is 19.4. The molecule has 9 heteroatoms. The van der Waals surface area contributed by atoms with Gasteiger partial charge in [-0.05, 0) is 55.3 Å². The molecule has 0 aliphatic carbocycles. The Balaban J connectivity index is 1.53. The quantitative estimate of drug-likeness (QED) is 0.530. The maximum Gasteiger partial charge on any atom is 0.340 e. The minimum absolute atomic E-state index is 0.213. The van der Waals surface area contributed by atoms with Crippen molar-refractivity contribution in [2.45, 2.75) is 18.2 Å². The molecule has 0 unspecified atom stereocenters. The summed E-state index contributed by atoms with van der Waals surface area (Å²) in [5.41, 5.74) is 2.39. The Morgan fingerprint density at radius 2 is 1.70 bits per heavy atom. The number of nitrogens with one attached hydrogen (secondary N) is 2. The molecular weight excluding hydrogens is 442 g/mol. The van der Waals surface area contributed by atoms with Crippen LogP contribution in [0.25, 0.3) is 0 Å². The predicted molar refractivity (Wildman–Crippen MR) is 126 cm³/mol. The minimum atomic E-state index is -3.71. The van der Waals surface area contributed by atoms with E-state index >= 15 is 0 Å². The molecule has 1 heterocycles. The fourth-order valence-electron chi connectivity index (χ4n) is 3.66. The number of anilines is 3. The number of esters is 1. The summed E-state index contributed by atoms with van der Waals surface area (Å²) in [4.78, 5) is 24.9. The standard InChI is InChI=1S/C24H23N3O5S/c1-2-32-23(28)20-10-6-7-11-21(20)26-24(29)25-18-13-12-17-14-15-27(22(17)16-18)33(30,31)19-8-4-3-5-9-19/h3-13,16H,2,14-15H2,1H3,(H2,25,26,29). The first-order valence-electron chi connectivity index (χ1n) is 10.4. The number of hydrogen-bond acceptors (Lipinski definition) is 5. The van der Waals surface area contributed by atoms with Crippen molar-refractivity contribution in [3.8, 4) is 0 Å². The Morgan fingerprint density at radius 3 is 2.45 bits per heavy atom. The fraction of sp³-hybridized carbons (Fsp3) is 0.167. The van der Waals surface area contributed by atoms with E-state index < -0.39 is 22.0 Å². The van der Waals surface area contributed by atoms with Gasteiger partial charge in [-0.25, -0.2) is 18.0 Å². The lowest BCUT2D eigenvalue weighted by atomic mass is 10.1. The number of para-hydroxylation sites is 1. The summed E-state index contributed by atoms with van der Waals surface area (Å²) in [5, 5.41) is 5.36. The van der Waals surface area contributed by atoms with Crippen molar-refractivity contribution in [3.63, 3.8) is 0 Å². The number of hydrogen-bond donors (Lipinski definition) is 2. The molecule has 3 aromatic carbocycles. The van der Waals surface area contributed by atoms with Gasteiger partial charge in [-0.1, -0.05) is 36.4 Å². The highest BCUT2D eigenvalue weighted by Crippen LogP contribution is 2.35. The Morgan fingerprint density at radius 1 is 0.970 bits per heavy atom. The second-order valence-corrected chi connectivity index (χ2v) is 9.19. The first-order valence-corrected chi connectivity index (χ1v) is 11.9. The Hall–Kier alpha value is -3.85. The van der Waals surface area contributed by atoms with E-state index in [0.29, 0.717) is 30.0 Å². The van der Waals surface area contributed by atoms with Crippen LogP contribution in [0.3, 0.4) is 0 Å². The normalized spacial score (nSPS) is 12.7. The summed E-state index contributed by atoms with van der Waals surface area (Å²) in [5.74, 6) is -0.535. The second-order valence-electron chi connectivity index (χ2n) is 7.33. The molecule has 0 atom stereocenters. The molecule has 0 bridgehead atoms. The zero-order valence-electron chi connectivity index (χ0n) is 17.9. The molecule has 0 saturated carbocycles. The number of carbonyl (C=O) groups excluding carboxylic acids is 2. The number of sulfonamides is 1. The molecule has 0 aromatic heterocycles. The zero-order chi connectivity index (χ0) is 23.4. The van der Waals surface area contributed by atoms with Gasteiger partial charge in [0, 0.05) is 12.2 Å². The largest absolute Gasteiger partial charge is 0.462 e. The van der Waals surface area contributed by atoms with Gasteiger partial charge in [0.2, 0.25) is 0 Å². The van der Waals surface area contributed by atoms with Crippen molar-refractivity contribution >= 4 is 39.1 Å². The maximum absolute atomic E-state index is 13.1. The Bertz CT molecular complexity index is 1290. The number of carbonyl (C=O) groups is 2. The van der Waals surface area contributed by atoms with Gasteiger partial charge in [0.25, 0.3) is 10.0 Å². The van der Waals surface area contributed by atoms with Gasteiger partial charge < -0.3 is 15.4 Å². The minimum Gasteiger partial charge on any atom is -0.462 e. The van der Waals surface area contributed by atoms with E-state index in [9.17, 15) is 18.0 Å². The number of amides is 2. The van der Waals surface area contributed by atoms with Crippen molar-refractivity contribution < 1.29 is 22.7 Å². The number of nitrogens with zero attached hydrogens (tertiary/aromatic N) is 1.